The number of nitrogens with zero attached hydrogens (tertiary/aromatic N) is 4. The van der Waals surface area contributed by atoms with Gasteiger partial charge in [-0.25, -0.2) is 9.97 Å². The van der Waals surface area contributed by atoms with Crippen molar-refractivity contribution < 1.29 is 4.79 Å². The SMILES string of the molecule is Cc1cccc(NC(=O)C2CCN(c3cc(N4CCSCC4)ncn3)CC2)c1. The van der Waals surface area contributed by atoms with Gasteiger partial charge in [0.15, 0.2) is 0 Å². The lowest BCUT2D eigenvalue weighted by Crippen LogP contribution is -2.39. The van der Waals surface area contributed by atoms with Crippen LogP contribution in [0.1, 0.15) is 18.4 Å². The van der Waals surface area contributed by atoms with Gasteiger partial charge in [-0.15, -0.1) is 0 Å². The normalized spacial score (nSPS) is 18.2. The number of amides is 1. The Bertz CT molecular complexity index is 816. The minimum absolute atomic E-state index is 0.0530. The standard InChI is InChI=1S/C21H27N5OS/c1-16-3-2-4-18(13-16)24-21(27)17-5-7-25(8-6-17)19-14-20(23-15-22-19)26-9-11-28-12-10-26/h2-4,13-15,17H,5-12H2,1H3,(H,24,27). The Labute approximate surface area is 170 Å². The topological polar surface area (TPSA) is 61.4 Å². The number of hydrogen-bond acceptors (Lipinski definition) is 6. The van der Waals surface area contributed by atoms with Crippen molar-refractivity contribution in [1.82, 2.24) is 9.97 Å². The summed E-state index contributed by atoms with van der Waals surface area (Å²) in [4.78, 5) is 26.2. The van der Waals surface area contributed by atoms with E-state index >= 15 is 0 Å². The molecule has 2 aliphatic heterocycles. The Balaban J connectivity index is 1.34. The van der Waals surface area contributed by atoms with Crippen LogP contribution in [0.3, 0.4) is 0 Å². The molecule has 1 aromatic heterocycles. The van der Waals surface area contributed by atoms with Gasteiger partial charge >= 0.3 is 0 Å². The molecule has 148 valence electrons. The van der Waals surface area contributed by atoms with Gasteiger partial charge in [-0.1, -0.05) is 12.1 Å². The molecule has 2 aromatic rings. The zero-order valence-corrected chi connectivity index (χ0v) is 17.1. The Hall–Kier alpha value is -2.28. The van der Waals surface area contributed by atoms with Gasteiger partial charge in [0.25, 0.3) is 0 Å². The lowest BCUT2D eigenvalue weighted by Gasteiger charge is -2.33. The number of hydrogen-bond donors (Lipinski definition) is 1. The molecule has 2 fully saturated rings. The van der Waals surface area contributed by atoms with Crippen LogP contribution in [0.5, 0.6) is 0 Å². The summed E-state index contributed by atoms with van der Waals surface area (Å²) in [6, 6.07) is 10.1. The smallest absolute Gasteiger partial charge is 0.227 e. The second kappa shape index (κ2) is 8.82. The van der Waals surface area contributed by atoms with Crippen LogP contribution < -0.4 is 15.1 Å². The summed E-state index contributed by atoms with van der Waals surface area (Å²) in [6.45, 7) is 5.81. The van der Waals surface area contributed by atoms with Crippen LogP contribution in [0.25, 0.3) is 0 Å². The number of benzene rings is 1. The van der Waals surface area contributed by atoms with E-state index in [0.29, 0.717) is 0 Å². The molecule has 0 unspecified atom stereocenters. The summed E-state index contributed by atoms with van der Waals surface area (Å²) >= 11 is 2.00. The Kier molecular flexibility index (Phi) is 6.00. The van der Waals surface area contributed by atoms with E-state index in [4.69, 9.17) is 0 Å². The molecule has 1 amide bonds. The summed E-state index contributed by atoms with van der Waals surface area (Å²) in [5.74, 6) is 4.48. The molecule has 0 saturated carbocycles. The third-order valence-corrected chi connectivity index (χ3v) is 6.39. The largest absolute Gasteiger partial charge is 0.356 e. The molecule has 3 heterocycles. The first-order valence-electron chi connectivity index (χ1n) is 9.96. The second-order valence-corrected chi connectivity index (χ2v) is 8.68. The molecule has 2 saturated heterocycles. The van der Waals surface area contributed by atoms with Gasteiger partial charge in [-0.2, -0.15) is 11.8 Å². The molecule has 2 aliphatic rings. The number of aromatic nitrogens is 2. The Morgan fingerprint density at radius 2 is 1.71 bits per heavy atom. The lowest BCUT2D eigenvalue weighted by atomic mass is 9.95. The average molecular weight is 398 g/mol. The second-order valence-electron chi connectivity index (χ2n) is 7.45. The highest BCUT2D eigenvalue weighted by atomic mass is 32.2. The molecule has 1 N–H and O–H groups in total. The Morgan fingerprint density at radius 1 is 1.04 bits per heavy atom. The van der Waals surface area contributed by atoms with E-state index in [1.54, 1.807) is 6.33 Å². The molecule has 0 radical (unpaired) electrons. The highest BCUT2D eigenvalue weighted by molar-refractivity contribution is 7.99. The zero-order valence-electron chi connectivity index (χ0n) is 16.3. The summed E-state index contributed by atoms with van der Waals surface area (Å²) in [7, 11) is 0. The number of anilines is 3. The molecule has 0 atom stereocenters. The molecule has 28 heavy (non-hydrogen) atoms. The molecule has 4 rings (SSSR count). The minimum atomic E-state index is 0.0530. The number of rotatable bonds is 4. The summed E-state index contributed by atoms with van der Waals surface area (Å²) < 4.78 is 0. The van der Waals surface area contributed by atoms with Crippen LogP contribution in [0.4, 0.5) is 17.3 Å². The number of thioether (sulfide) groups is 1. The van der Waals surface area contributed by atoms with Crippen molar-refractivity contribution in [3.8, 4) is 0 Å². The van der Waals surface area contributed by atoms with Crippen LogP contribution in [0.15, 0.2) is 36.7 Å². The average Bonchev–Trinajstić information content (AvgIpc) is 2.75. The van der Waals surface area contributed by atoms with E-state index in [9.17, 15) is 4.79 Å². The van der Waals surface area contributed by atoms with Crippen LogP contribution in [-0.2, 0) is 4.79 Å². The number of aryl methyl sites for hydroxylation is 1. The van der Waals surface area contributed by atoms with Gasteiger partial charge in [0.2, 0.25) is 5.91 Å². The van der Waals surface area contributed by atoms with Gasteiger partial charge in [-0.05, 0) is 37.5 Å². The van der Waals surface area contributed by atoms with Crippen LogP contribution in [0.2, 0.25) is 0 Å². The summed E-state index contributed by atoms with van der Waals surface area (Å²) in [6.07, 6.45) is 3.36. The molecule has 0 aliphatic carbocycles. The van der Waals surface area contributed by atoms with Crippen molar-refractivity contribution in [3.63, 3.8) is 0 Å². The monoisotopic (exact) mass is 397 g/mol. The van der Waals surface area contributed by atoms with Gasteiger partial charge in [0, 0.05) is 55.4 Å². The fraction of sp³-hybridized carbons (Fsp3) is 0.476. The summed E-state index contributed by atoms with van der Waals surface area (Å²) in [5.41, 5.74) is 2.03. The first-order valence-corrected chi connectivity index (χ1v) is 11.1. The molecular weight excluding hydrogens is 370 g/mol. The number of carbonyl (C=O) groups is 1. The van der Waals surface area contributed by atoms with Crippen molar-refractivity contribution in [2.45, 2.75) is 19.8 Å². The first kappa shape index (κ1) is 19.1. The van der Waals surface area contributed by atoms with E-state index in [1.807, 2.05) is 43.0 Å². The minimum Gasteiger partial charge on any atom is -0.356 e. The first-order chi connectivity index (χ1) is 13.7. The molecule has 6 nitrogen and oxygen atoms in total. The zero-order chi connectivity index (χ0) is 19.3. The van der Waals surface area contributed by atoms with E-state index in [1.165, 1.54) is 0 Å². The quantitative estimate of drug-likeness (QED) is 0.855. The maximum atomic E-state index is 12.6. The van der Waals surface area contributed by atoms with Crippen molar-refractivity contribution >= 4 is 35.0 Å². The van der Waals surface area contributed by atoms with E-state index in [2.05, 4.69) is 31.2 Å². The number of nitrogens with one attached hydrogen (secondary N) is 1. The van der Waals surface area contributed by atoms with Crippen LogP contribution in [-0.4, -0.2) is 53.6 Å². The third kappa shape index (κ3) is 4.58. The van der Waals surface area contributed by atoms with Crippen molar-refractivity contribution in [2.75, 3.05) is 52.8 Å². The molecule has 0 bridgehead atoms. The number of carbonyl (C=O) groups excluding carboxylic acids is 1. The lowest BCUT2D eigenvalue weighted by molar-refractivity contribution is -0.120. The fourth-order valence-corrected chi connectivity index (χ4v) is 4.72. The maximum absolute atomic E-state index is 12.6. The molecular formula is C21H27N5OS. The van der Waals surface area contributed by atoms with Gasteiger partial charge in [0.05, 0.1) is 0 Å². The van der Waals surface area contributed by atoms with E-state index in [0.717, 1.165) is 73.4 Å². The predicted molar refractivity (Wildman–Crippen MR) is 116 cm³/mol. The van der Waals surface area contributed by atoms with Crippen LogP contribution >= 0.6 is 11.8 Å². The number of piperidine rings is 1. The third-order valence-electron chi connectivity index (χ3n) is 5.45. The highest BCUT2D eigenvalue weighted by Crippen LogP contribution is 2.26. The maximum Gasteiger partial charge on any atom is 0.227 e. The Morgan fingerprint density at radius 3 is 2.39 bits per heavy atom. The fourth-order valence-electron chi connectivity index (χ4n) is 3.81. The van der Waals surface area contributed by atoms with E-state index < -0.39 is 0 Å². The molecule has 7 heteroatoms. The summed E-state index contributed by atoms with van der Waals surface area (Å²) in [5, 5.41) is 3.07. The molecule has 1 aromatic carbocycles. The highest BCUT2D eigenvalue weighted by Gasteiger charge is 2.26. The van der Waals surface area contributed by atoms with Crippen molar-refractivity contribution in [1.29, 1.82) is 0 Å². The van der Waals surface area contributed by atoms with E-state index in [-0.39, 0.29) is 11.8 Å². The van der Waals surface area contributed by atoms with Gasteiger partial charge in [0.1, 0.15) is 18.0 Å². The van der Waals surface area contributed by atoms with Crippen molar-refractivity contribution in [3.05, 3.63) is 42.2 Å². The van der Waals surface area contributed by atoms with Crippen LogP contribution in [0, 0.1) is 12.8 Å². The van der Waals surface area contributed by atoms with Gasteiger partial charge in [-0.3, -0.25) is 4.79 Å². The predicted octanol–water partition coefficient (Wildman–Crippen LogP) is 3.19. The van der Waals surface area contributed by atoms with Crippen molar-refractivity contribution in [2.24, 2.45) is 5.92 Å². The molecule has 0 spiro atoms. The van der Waals surface area contributed by atoms with Gasteiger partial charge < -0.3 is 15.1 Å².